The quantitative estimate of drug-likeness (QED) is 0.0826. The molecule has 0 saturated carbocycles. The Balaban J connectivity index is 1.76. The first-order valence-electron chi connectivity index (χ1n) is 19.5. The Morgan fingerprint density at radius 3 is 1.27 bits per heavy atom. The number of nitrogens with zero attached hydrogens (tertiary/aromatic N) is 2. The number of aliphatic hydroxyl groups is 1. The van der Waals surface area contributed by atoms with Gasteiger partial charge < -0.3 is 24.4 Å². The van der Waals surface area contributed by atoms with Crippen molar-refractivity contribution in [3.05, 3.63) is 138 Å². The maximum atomic E-state index is 12.6. The summed E-state index contributed by atoms with van der Waals surface area (Å²) in [6.45, 7) is 13.2. The summed E-state index contributed by atoms with van der Waals surface area (Å²) in [6.07, 6.45) is 15.4. The zero-order valence-electron chi connectivity index (χ0n) is 32.6. The van der Waals surface area contributed by atoms with Gasteiger partial charge in [0.1, 0.15) is 17.1 Å². The fourth-order valence-electron chi connectivity index (χ4n) is 6.53. The molecule has 0 spiro atoms. The molecule has 0 radical (unpaired) electrons. The molecule has 52 heavy (non-hydrogen) atoms. The molecule has 0 aromatic heterocycles. The third-order valence-corrected chi connectivity index (χ3v) is 9.87. The fourth-order valence-corrected chi connectivity index (χ4v) is 6.53. The second-order valence-electron chi connectivity index (χ2n) is 13.6. The number of unbranched alkanes of at least 4 members (excludes halogenated alkanes) is 4. The topological polar surface area (TPSA) is 45.2 Å². The Bertz CT molecular complexity index is 1630. The van der Waals surface area contributed by atoms with E-state index in [1.54, 1.807) is 14.2 Å². The summed E-state index contributed by atoms with van der Waals surface area (Å²) >= 11 is 0. The predicted molar refractivity (Wildman–Crippen MR) is 222 cm³/mol. The zero-order chi connectivity index (χ0) is 37.2. The molecule has 1 N–H and O–H groups in total. The van der Waals surface area contributed by atoms with Crippen molar-refractivity contribution in [3.63, 3.8) is 0 Å². The van der Waals surface area contributed by atoms with Gasteiger partial charge in [0.05, 0.1) is 14.2 Å². The molecule has 5 heteroatoms. The van der Waals surface area contributed by atoms with E-state index in [0.29, 0.717) is 0 Å². The third kappa shape index (κ3) is 11.0. The van der Waals surface area contributed by atoms with Crippen molar-refractivity contribution < 1.29 is 14.6 Å². The van der Waals surface area contributed by atoms with Gasteiger partial charge >= 0.3 is 0 Å². The van der Waals surface area contributed by atoms with Crippen LogP contribution >= 0.6 is 0 Å². The first-order chi connectivity index (χ1) is 25.4. The van der Waals surface area contributed by atoms with E-state index < -0.39 is 5.60 Å². The molecule has 1 unspecified atom stereocenters. The molecular weight excluding hydrogens is 641 g/mol. The van der Waals surface area contributed by atoms with Gasteiger partial charge in [-0.1, -0.05) is 114 Å². The number of hydrogen-bond acceptors (Lipinski definition) is 5. The van der Waals surface area contributed by atoms with Gasteiger partial charge in [0, 0.05) is 37.6 Å². The first kappa shape index (κ1) is 40.3. The maximum absolute atomic E-state index is 12.6. The van der Waals surface area contributed by atoms with E-state index in [1.165, 1.54) is 37.1 Å². The van der Waals surface area contributed by atoms with Crippen LogP contribution in [-0.2, 0) is 5.60 Å². The standard InChI is InChI=1S/C47H62N2O3/c1-7-11-34-48(35-12-8-2)42-25-17-38(18-26-42)46(39-19-29-44(51-5)30-20-39)16-15-33-47(50,41-23-31-45(52-6)32-24-41)40-21-27-43(28-22-40)49(36-13-9-3)37-14-10-4/h15-33,50H,7-14,34-37H2,1-6H3. The van der Waals surface area contributed by atoms with Crippen molar-refractivity contribution in [2.45, 2.75) is 84.7 Å². The van der Waals surface area contributed by atoms with Crippen LogP contribution in [0.3, 0.4) is 0 Å². The molecule has 0 fully saturated rings. The highest BCUT2D eigenvalue weighted by molar-refractivity contribution is 5.81. The van der Waals surface area contributed by atoms with E-state index in [9.17, 15) is 5.11 Å². The van der Waals surface area contributed by atoms with E-state index in [1.807, 2.05) is 48.6 Å². The number of rotatable bonds is 22. The Labute approximate surface area is 314 Å². The monoisotopic (exact) mass is 702 g/mol. The molecule has 1 atom stereocenters. The lowest BCUT2D eigenvalue weighted by Crippen LogP contribution is -2.27. The SMILES string of the molecule is CCCCN(CCCC)c1ccc(C(=CC=CC(O)(c2ccc(OC)cc2)c2ccc(N(CCCC)CCCC)cc2)c2ccc(OC)cc2)cc1. The van der Waals surface area contributed by atoms with Gasteiger partial charge in [-0.05, 0) is 108 Å². The number of methoxy groups -OCH3 is 2. The Kier molecular flexibility index (Phi) is 16.4. The van der Waals surface area contributed by atoms with Gasteiger partial charge in [-0.15, -0.1) is 0 Å². The number of hydrogen-bond donors (Lipinski definition) is 1. The smallest absolute Gasteiger partial charge is 0.133 e. The second-order valence-corrected chi connectivity index (χ2v) is 13.6. The molecule has 0 aliphatic carbocycles. The molecule has 0 bridgehead atoms. The minimum Gasteiger partial charge on any atom is -0.497 e. The molecule has 0 aliphatic rings. The van der Waals surface area contributed by atoms with Crippen LogP contribution in [-0.4, -0.2) is 45.5 Å². The molecule has 4 aromatic carbocycles. The first-order valence-corrected chi connectivity index (χ1v) is 19.5. The molecule has 0 heterocycles. The van der Waals surface area contributed by atoms with E-state index in [0.717, 1.165) is 91.2 Å². The minimum absolute atomic E-state index is 0.751. The molecule has 278 valence electrons. The predicted octanol–water partition coefficient (Wildman–Crippen LogP) is 11.4. The van der Waals surface area contributed by atoms with Crippen LogP contribution in [0.4, 0.5) is 11.4 Å². The van der Waals surface area contributed by atoms with Crippen LogP contribution in [0, 0.1) is 0 Å². The van der Waals surface area contributed by atoms with Crippen LogP contribution in [0.5, 0.6) is 11.5 Å². The zero-order valence-corrected chi connectivity index (χ0v) is 32.6. The number of allylic oxidation sites excluding steroid dienone is 2. The summed E-state index contributed by atoms with van der Waals surface area (Å²) in [4.78, 5) is 4.99. The van der Waals surface area contributed by atoms with Crippen molar-refractivity contribution >= 4 is 16.9 Å². The van der Waals surface area contributed by atoms with Gasteiger partial charge in [-0.3, -0.25) is 0 Å². The molecule has 0 aliphatic heterocycles. The van der Waals surface area contributed by atoms with Gasteiger partial charge in [-0.2, -0.15) is 0 Å². The molecule has 5 nitrogen and oxygen atoms in total. The number of benzene rings is 4. The van der Waals surface area contributed by atoms with Crippen molar-refractivity contribution in [2.24, 2.45) is 0 Å². The van der Waals surface area contributed by atoms with E-state index >= 15 is 0 Å². The lowest BCUT2D eigenvalue weighted by atomic mass is 9.85. The van der Waals surface area contributed by atoms with Crippen molar-refractivity contribution in [1.29, 1.82) is 0 Å². The summed E-state index contributed by atoms with van der Waals surface area (Å²) in [6, 6.07) is 33.3. The largest absolute Gasteiger partial charge is 0.497 e. The van der Waals surface area contributed by atoms with Crippen molar-refractivity contribution in [2.75, 3.05) is 50.2 Å². The van der Waals surface area contributed by atoms with Gasteiger partial charge in [0.2, 0.25) is 0 Å². The van der Waals surface area contributed by atoms with Gasteiger partial charge in [0.25, 0.3) is 0 Å². The highest BCUT2D eigenvalue weighted by Crippen LogP contribution is 2.35. The Hall–Kier alpha value is -4.48. The van der Waals surface area contributed by atoms with Crippen LogP contribution < -0.4 is 19.3 Å². The van der Waals surface area contributed by atoms with E-state index in [-0.39, 0.29) is 0 Å². The van der Waals surface area contributed by atoms with Crippen LogP contribution in [0.25, 0.3) is 5.57 Å². The average Bonchev–Trinajstić information content (AvgIpc) is 3.20. The van der Waals surface area contributed by atoms with E-state index in [4.69, 9.17) is 9.47 Å². The second kappa shape index (κ2) is 21.1. The summed E-state index contributed by atoms with van der Waals surface area (Å²) < 4.78 is 10.9. The lowest BCUT2D eigenvalue weighted by molar-refractivity contribution is 0.134. The summed E-state index contributed by atoms with van der Waals surface area (Å²) in [5, 5.41) is 12.6. The van der Waals surface area contributed by atoms with Crippen molar-refractivity contribution in [3.8, 4) is 11.5 Å². The minimum atomic E-state index is -1.37. The fraction of sp³-hybridized carbons (Fsp3) is 0.404. The Morgan fingerprint density at radius 1 is 0.538 bits per heavy atom. The molecular formula is C47H62N2O3. The van der Waals surface area contributed by atoms with Crippen molar-refractivity contribution in [1.82, 2.24) is 0 Å². The highest BCUT2D eigenvalue weighted by Gasteiger charge is 2.29. The molecule has 0 amide bonds. The van der Waals surface area contributed by atoms with Crippen LogP contribution in [0.15, 0.2) is 115 Å². The molecule has 4 aromatic rings. The normalized spacial score (nSPS) is 12.9. The molecule has 0 saturated heterocycles. The van der Waals surface area contributed by atoms with Crippen LogP contribution in [0.1, 0.15) is 101 Å². The number of ether oxygens (including phenoxy) is 2. The lowest BCUT2D eigenvalue weighted by Gasteiger charge is -2.28. The summed E-state index contributed by atoms with van der Waals surface area (Å²) in [7, 11) is 3.35. The summed E-state index contributed by atoms with van der Waals surface area (Å²) in [5.74, 6) is 1.57. The average molecular weight is 703 g/mol. The Morgan fingerprint density at radius 2 is 0.885 bits per heavy atom. The molecule has 4 rings (SSSR count). The van der Waals surface area contributed by atoms with Crippen LogP contribution in [0.2, 0.25) is 0 Å². The third-order valence-electron chi connectivity index (χ3n) is 9.87. The maximum Gasteiger partial charge on any atom is 0.133 e. The highest BCUT2D eigenvalue weighted by atomic mass is 16.5. The summed E-state index contributed by atoms with van der Waals surface area (Å²) in [5.41, 5.74) is 5.92. The van der Waals surface area contributed by atoms with Gasteiger partial charge in [-0.25, -0.2) is 0 Å². The van der Waals surface area contributed by atoms with E-state index in [2.05, 4.69) is 104 Å². The number of anilines is 2. The van der Waals surface area contributed by atoms with Gasteiger partial charge in [0.15, 0.2) is 0 Å².